The molecule has 1 atom stereocenters. The van der Waals surface area contributed by atoms with E-state index in [1.165, 1.54) is 11.6 Å². The van der Waals surface area contributed by atoms with Crippen molar-refractivity contribution in [2.45, 2.75) is 19.0 Å². The number of carbonyl (C=O) groups is 1. The molecule has 1 aliphatic heterocycles. The van der Waals surface area contributed by atoms with Gasteiger partial charge in [-0.1, -0.05) is 36.9 Å². The van der Waals surface area contributed by atoms with Gasteiger partial charge in [-0.2, -0.15) is 0 Å². The lowest BCUT2D eigenvalue weighted by Crippen LogP contribution is -2.52. The van der Waals surface area contributed by atoms with Gasteiger partial charge in [0.25, 0.3) is 0 Å². The Balaban J connectivity index is 1.79. The third-order valence-electron chi connectivity index (χ3n) is 3.19. The van der Waals surface area contributed by atoms with E-state index in [1.54, 1.807) is 0 Å². The first-order valence-electron chi connectivity index (χ1n) is 5.98. The van der Waals surface area contributed by atoms with Crippen molar-refractivity contribution in [3.8, 4) is 0 Å². The van der Waals surface area contributed by atoms with E-state index in [0.717, 1.165) is 26.1 Å². The lowest BCUT2D eigenvalue weighted by molar-refractivity contribution is -0.117. The highest BCUT2D eigenvalue weighted by atomic mass is 16.1. The summed E-state index contributed by atoms with van der Waals surface area (Å²) in [5.74, 6) is -0.0865. The third-order valence-corrected chi connectivity index (χ3v) is 3.19. The fourth-order valence-corrected chi connectivity index (χ4v) is 2.04. The van der Waals surface area contributed by atoms with Crippen molar-refractivity contribution in [1.29, 1.82) is 0 Å². The van der Waals surface area contributed by atoms with E-state index >= 15 is 0 Å². The maximum absolute atomic E-state index is 11.1. The standard InChI is InChI=1S/C14H18N2O/c1-2-14(17)15-10-13-8-9-16(13)11-12-6-4-3-5-7-12/h2-7,13H,1,8-11H2,(H,15,17). The van der Waals surface area contributed by atoms with E-state index in [1.807, 2.05) is 6.07 Å². The highest BCUT2D eigenvalue weighted by Gasteiger charge is 2.27. The zero-order valence-electron chi connectivity index (χ0n) is 9.93. The molecular formula is C14H18N2O. The number of rotatable bonds is 5. The first-order valence-corrected chi connectivity index (χ1v) is 5.98. The number of hydrogen-bond acceptors (Lipinski definition) is 2. The van der Waals surface area contributed by atoms with Gasteiger partial charge in [0.15, 0.2) is 0 Å². The van der Waals surface area contributed by atoms with Crippen LogP contribution in [0.25, 0.3) is 0 Å². The molecule has 0 spiro atoms. The summed E-state index contributed by atoms with van der Waals surface area (Å²) in [6.45, 7) is 6.25. The van der Waals surface area contributed by atoms with Crippen LogP contribution in [0.15, 0.2) is 43.0 Å². The van der Waals surface area contributed by atoms with Gasteiger partial charge in [0.05, 0.1) is 0 Å². The van der Waals surface area contributed by atoms with Crippen molar-refractivity contribution in [3.05, 3.63) is 48.6 Å². The molecule has 90 valence electrons. The molecule has 1 N–H and O–H groups in total. The van der Waals surface area contributed by atoms with Crippen LogP contribution in [0.1, 0.15) is 12.0 Å². The first kappa shape index (κ1) is 11.9. The molecular weight excluding hydrogens is 212 g/mol. The molecule has 1 saturated heterocycles. The summed E-state index contributed by atoms with van der Waals surface area (Å²) < 4.78 is 0. The monoisotopic (exact) mass is 230 g/mol. The van der Waals surface area contributed by atoms with Crippen LogP contribution in [0.5, 0.6) is 0 Å². The van der Waals surface area contributed by atoms with Crippen LogP contribution in [-0.4, -0.2) is 29.9 Å². The number of benzene rings is 1. The Kier molecular flexibility index (Phi) is 3.94. The number of nitrogens with zero attached hydrogens (tertiary/aromatic N) is 1. The Morgan fingerprint density at radius 1 is 1.47 bits per heavy atom. The van der Waals surface area contributed by atoms with Crippen LogP contribution in [-0.2, 0) is 11.3 Å². The van der Waals surface area contributed by atoms with Gasteiger partial charge in [0.2, 0.25) is 5.91 Å². The molecule has 1 heterocycles. The smallest absolute Gasteiger partial charge is 0.243 e. The van der Waals surface area contributed by atoms with E-state index in [4.69, 9.17) is 0 Å². The number of hydrogen-bond donors (Lipinski definition) is 1. The van der Waals surface area contributed by atoms with Gasteiger partial charge in [0.1, 0.15) is 0 Å². The molecule has 1 aromatic rings. The van der Waals surface area contributed by atoms with Crippen LogP contribution in [0.3, 0.4) is 0 Å². The Morgan fingerprint density at radius 3 is 2.82 bits per heavy atom. The van der Waals surface area contributed by atoms with E-state index in [0.29, 0.717) is 6.04 Å². The van der Waals surface area contributed by atoms with Crippen molar-refractivity contribution < 1.29 is 4.79 Å². The molecule has 0 saturated carbocycles. The van der Waals surface area contributed by atoms with Crippen LogP contribution in [0.4, 0.5) is 0 Å². The molecule has 1 unspecified atom stereocenters. The van der Waals surface area contributed by atoms with Gasteiger partial charge in [0, 0.05) is 25.7 Å². The molecule has 1 fully saturated rings. The molecule has 2 rings (SSSR count). The van der Waals surface area contributed by atoms with E-state index in [9.17, 15) is 4.79 Å². The Hall–Kier alpha value is -1.61. The second kappa shape index (κ2) is 5.64. The van der Waals surface area contributed by atoms with Crippen molar-refractivity contribution in [2.75, 3.05) is 13.1 Å². The quantitative estimate of drug-likeness (QED) is 0.779. The summed E-state index contributed by atoms with van der Waals surface area (Å²) in [7, 11) is 0. The van der Waals surface area contributed by atoms with Gasteiger partial charge in [-0.15, -0.1) is 0 Å². The molecule has 0 aliphatic carbocycles. The summed E-state index contributed by atoms with van der Waals surface area (Å²) >= 11 is 0. The zero-order valence-corrected chi connectivity index (χ0v) is 9.93. The van der Waals surface area contributed by atoms with Crippen LogP contribution in [0.2, 0.25) is 0 Å². The predicted molar refractivity (Wildman–Crippen MR) is 68.5 cm³/mol. The highest BCUT2D eigenvalue weighted by Crippen LogP contribution is 2.19. The average molecular weight is 230 g/mol. The first-order chi connectivity index (χ1) is 8.29. The van der Waals surface area contributed by atoms with Crippen molar-refractivity contribution >= 4 is 5.91 Å². The molecule has 3 heteroatoms. The Bertz CT molecular complexity index is 388. The minimum absolute atomic E-state index is 0.0865. The topological polar surface area (TPSA) is 32.3 Å². The van der Waals surface area contributed by atoms with Crippen molar-refractivity contribution in [2.24, 2.45) is 0 Å². The number of nitrogens with one attached hydrogen (secondary N) is 1. The minimum atomic E-state index is -0.0865. The van der Waals surface area contributed by atoms with Gasteiger partial charge in [-0.05, 0) is 18.1 Å². The van der Waals surface area contributed by atoms with Crippen LogP contribution < -0.4 is 5.32 Å². The lowest BCUT2D eigenvalue weighted by atomic mass is 10.0. The normalized spacial score (nSPS) is 19.4. The minimum Gasteiger partial charge on any atom is -0.351 e. The maximum atomic E-state index is 11.1. The molecule has 0 radical (unpaired) electrons. The number of amides is 1. The summed E-state index contributed by atoms with van der Waals surface area (Å²) in [6.07, 6.45) is 2.48. The van der Waals surface area contributed by atoms with Gasteiger partial charge >= 0.3 is 0 Å². The summed E-state index contributed by atoms with van der Waals surface area (Å²) in [5, 5.41) is 2.85. The molecule has 1 aromatic carbocycles. The summed E-state index contributed by atoms with van der Waals surface area (Å²) in [6, 6.07) is 10.9. The van der Waals surface area contributed by atoms with Gasteiger partial charge in [-0.25, -0.2) is 0 Å². The predicted octanol–water partition coefficient (Wildman–Crippen LogP) is 1.56. The molecule has 0 aromatic heterocycles. The molecule has 1 aliphatic rings. The maximum Gasteiger partial charge on any atom is 0.243 e. The Labute approximate surface area is 102 Å². The second-order valence-electron chi connectivity index (χ2n) is 4.35. The van der Waals surface area contributed by atoms with E-state index in [2.05, 4.69) is 41.1 Å². The molecule has 0 bridgehead atoms. The van der Waals surface area contributed by atoms with Crippen LogP contribution >= 0.6 is 0 Å². The lowest BCUT2D eigenvalue weighted by Gasteiger charge is -2.41. The van der Waals surface area contributed by atoms with E-state index < -0.39 is 0 Å². The number of likely N-dealkylation sites (tertiary alicyclic amines) is 1. The van der Waals surface area contributed by atoms with Crippen molar-refractivity contribution in [3.63, 3.8) is 0 Å². The Morgan fingerprint density at radius 2 is 2.24 bits per heavy atom. The molecule has 17 heavy (non-hydrogen) atoms. The largest absolute Gasteiger partial charge is 0.351 e. The van der Waals surface area contributed by atoms with Crippen molar-refractivity contribution in [1.82, 2.24) is 10.2 Å². The average Bonchev–Trinajstić information content (AvgIpc) is 2.36. The number of carbonyl (C=O) groups excluding carboxylic acids is 1. The third kappa shape index (κ3) is 3.17. The fourth-order valence-electron chi connectivity index (χ4n) is 2.04. The molecule has 1 amide bonds. The highest BCUT2D eigenvalue weighted by molar-refractivity contribution is 5.86. The summed E-state index contributed by atoms with van der Waals surface area (Å²) in [5.41, 5.74) is 1.33. The van der Waals surface area contributed by atoms with Crippen LogP contribution in [0, 0.1) is 0 Å². The van der Waals surface area contributed by atoms with E-state index in [-0.39, 0.29) is 5.91 Å². The van der Waals surface area contributed by atoms with Gasteiger partial charge in [-0.3, -0.25) is 9.69 Å². The second-order valence-corrected chi connectivity index (χ2v) is 4.35. The summed E-state index contributed by atoms with van der Waals surface area (Å²) in [4.78, 5) is 13.5. The molecule has 3 nitrogen and oxygen atoms in total. The SMILES string of the molecule is C=CC(=O)NCC1CCN1Cc1ccccc1. The fraction of sp³-hybridized carbons (Fsp3) is 0.357. The van der Waals surface area contributed by atoms with Gasteiger partial charge < -0.3 is 5.32 Å². The zero-order chi connectivity index (χ0) is 12.1.